The summed E-state index contributed by atoms with van der Waals surface area (Å²) in [5, 5.41) is 6.48. The summed E-state index contributed by atoms with van der Waals surface area (Å²) in [6, 6.07) is 17.0. The lowest BCUT2D eigenvalue weighted by molar-refractivity contribution is 0.464. The number of hydrogen-bond acceptors (Lipinski definition) is 4. The van der Waals surface area contributed by atoms with Gasteiger partial charge in [-0.25, -0.2) is 0 Å². The average Bonchev–Trinajstić information content (AvgIpc) is 3.10. The number of nitrogens with zero attached hydrogens (tertiary/aromatic N) is 3. The number of nitrogens with one attached hydrogen (secondary N) is 1. The number of anilines is 2. The van der Waals surface area contributed by atoms with Crippen molar-refractivity contribution in [2.75, 3.05) is 29.4 Å². The van der Waals surface area contributed by atoms with E-state index in [4.69, 9.17) is 4.98 Å². The molecule has 154 valence electrons. The van der Waals surface area contributed by atoms with E-state index in [1.165, 1.54) is 51.8 Å². The van der Waals surface area contributed by atoms with Crippen LogP contribution in [0, 0.1) is 13.8 Å². The van der Waals surface area contributed by atoms with E-state index >= 15 is 0 Å². The van der Waals surface area contributed by atoms with Gasteiger partial charge in [0.15, 0.2) is 0 Å². The zero-order valence-corrected chi connectivity index (χ0v) is 18.0. The fourth-order valence-corrected chi connectivity index (χ4v) is 5.91. The number of hydrogen-bond donors (Lipinski definition) is 1. The molecule has 3 aliphatic heterocycles. The average molecular weight is 399 g/mol. The van der Waals surface area contributed by atoms with Crippen LogP contribution in [0.5, 0.6) is 0 Å². The van der Waals surface area contributed by atoms with E-state index in [9.17, 15) is 0 Å². The second kappa shape index (κ2) is 6.98. The van der Waals surface area contributed by atoms with Crippen molar-refractivity contribution >= 4 is 22.1 Å². The molecule has 3 aliphatic rings. The summed E-state index contributed by atoms with van der Waals surface area (Å²) in [4.78, 5) is 10.2. The van der Waals surface area contributed by atoms with Gasteiger partial charge < -0.3 is 15.1 Å². The summed E-state index contributed by atoms with van der Waals surface area (Å²) in [7, 11) is 0. The van der Waals surface area contributed by atoms with Gasteiger partial charge in [-0.05, 0) is 56.2 Å². The summed E-state index contributed by atoms with van der Waals surface area (Å²) in [6.07, 6.45) is 3.71. The van der Waals surface area contributed by atoms with Crippen LogP contribution < -0.4 is 15.1 Å². The molecule has 1 N–H and O–H groups in total. The Labute approximate surface area is 178 Å². The zero-order chi connectivity index (χ0) is 20.2. The normalized spacial score (nSPS) is 23.1. The quantitative estimate of drug-likeness (QED) is 0.695. The third-order valence-corrected chi connectivity index (χ3v) is 7.28. The zero-order valence-electron chi connectivity index (χ0n) is 18.0. The van der Waals surface area contributed by atoms with Gasteiger partial charge in [0.1, 0.15) is 0 Å². The monoisotopic (exact) mass is 398 g/mol. The standard InChI is InChI=1S/C26H30N4/c1-17-5-3-6-19-7-4-8-24(26(17)19)29-12-11-22-23(16-29)27-18(2)13-25(22)30-14-20-9-10-21(15-30)28-20/h3-8,13,20-21,28H,9-12,14-16H2,1-2H3. The molecule has 2 aromatic carbocycles. The fourth-order valence-electron chi connectivity index (χ4n) is 5.91. The Kier molecular flexibility index (Phi) is 4.24. The topological polar surface area (TPSA) is 31.4 Å². The second-order valence-electron chi connectivity index (χ2n) is 9.37. The van der Waals surface area contributed by atoms with Crippen molar-refractivity contribution in [3.8, 4) is 0 Å². The third kappa shape index (κ3) is 2.97. The first kappa shape index (κ1) is 18.2. The van der Waals surface area contributed by atoms with Gasteiger partial charge >= 0.3 is 0 Å². The molecule has 6 rings (SSSR count). The summed E-state index contributed by atoms with van der Waals surface area (Å²) < 4.78 is 0. The summed E-state index contributed by atoms with van der Waals surface area (Å²) >= 11 is 0. The molecule has 2 unspecified atom stereocenters. The van der Waals surface area contributed by atoms with Crippen LogP contribution in [0.3, 0.4) is 0 Å². The molecule has 2 bridgehead atoms. The van der Waals surface area contributed by atoms with E-state index in [0.717, 1.165) is 38.3 Å². The highest BCUT2D eigenvalue weighted by atomic mass is 15.2. The van der Waals surface area contributed by atoms with E-state index in [1.807, 2.05) is 0 Å². The largest absolute Gasteiger partial charge is 0.368 e. The number of piperazine rings is 1. The molecule has 0 amide bonds. The summed E-state index contributed by atoms with van der Waals surface area (Å²) in [6.45, 7) is 8.61. The number of pyridine rings is 1. The highest BCUT2D eigenvalue weighted by Crippen LogP contribution is 2.36. The Bertz CT molecular complexity index is 1100. The van der Waals surface area contributed by atoms with Gasteiger partial charge in [0.25, 0.3) is 0 Å². The molecular weight excluding hydrogens is 368 g/mol. The van der Waals surface area contributed by atoms with Gasteiger partial charge in [-0.1, -0.05) is 30.3 Å². The summed E-state index contributed by atoms with van der Waals surface area (Å²) in [5.74, 6) is 0. The molecule has 3 aromatic rings. The molecule has 0 saturated carbocycles. The predicted octanol–water partition coefficient (Wildman–Crippen LogP) is 4.35. The lowest BCUT2D eigenvalue weighted by Gasteiger charge is -2.38. The van der Waals surface area contributed by atoms with Crippen molar-refractivity contribution in [2.45, 2.75) is 51.7 Å². The van der Waals surface area contributed by atoms with E-state index in [-0.39, 0.29) is 0 Å². The molecule has 4 heterocycles. The van der Waals surface area contributed by atoms with E-state index in [0.29, 0.717) is 12.1 Å². The first-order valence-electron chi connectivity index (χ1n) is 11.4. The van der Waals surface area contributed by atoms with E-state index in [1.54, 1.807) is 0 Å². The number of benzene rings is 2. The fraction of sp³-hybridized carbons (Fsp3) is 0.423. The highest BCUT2D eigenvalue weighted by Gasteiger charge is 2.34. The van der Waals surface area contributed by atoms with Crippen LogP contribution in [0.2, 0.25) is 0 Å². The minimum Gasteiger partial charge on any atom is -0.368 e. The third-order valence-electron chi connectivity index (χ3n) is 7.28. The Morgan fingerprint density at radius 1 is 0.933 bits per heavy atom. The first-order valence-corrected chi connectivity index (χ1v) is 11.4. The van der Waals surface area contributed by atoms with Crippen molar-refractivity contribution < 1.29 is 0 Å². The van der Waals surface area contributed by atoms with Crippen LogP contribution in [-0.2, 0) is 13.0 Å². The minimum atomic E-state index is 0.659. The number of rotatable bonds is 2. The Hall–Kier alpha value is -2.59. The molecule has 2 fully saturated rings. The lowest BCUT2D eigenvalue weighted by Crippen LogP contribution is -2.51. The minimum absolute atomic E-state index is 0.659. The van der Waals surface area contributed by atoms with E-state index < -0.39 is 0 Å². The Balaban J connectivity index is 1.37. The van der Waals surface area contributed by atoms with Crippen molar-refractivity contribution in [1.82, 2.24) is 10.3 Å². The second-order valence-corrected chi connectivity index (χ2v) is 9.37. The first-order chi connectivity index (χ1) is 14.7. The summed E-state index contributed by atoms with van der Waals surface area (Å²) in [5.41, 5.74) is 8.04. The maximum atomic E-state index is 5.02. The van der Waals surface area contributed by atoms with Crippen molar-refractivity contribution in [2.24, 2.45) is 0 Å². The van der Waals surface area contributed by atoms with Gasteiger partial charge in [-0.15, -0.1) is 0 Å². The molecule has 30 heavy (non-hydrogen) atoms. The molecule has 0 radical (unpaired) electrons. The van der Waals surface area contributed by atoms with Crippen LogP contribution >= 0.6 is 0 Å². The van der Waals surface area contributed by atoms with Gasteiger partial charge in [0.2, 0.25) is 0 Å². The number of aromatic nitrogens is 1. The van der Waals surface area contributed by atoms with Crippen molar-refractivity contribution in [3.63, 3.8) is 0 Å². The van der Waals surface area contributed by atoms with Crippen LogP contribution in [0.4, 0.5) is 11.4 Å². The molecule has 2 saturated heterocycles. The number of aryl methyl sites for hydroxylation is 2. The number of fused-ring (bicyclic) bond motifs is 4. The van der Waals surface area contributed by atoms with Crippen LogP contribution in [0.25, 0.3) is 10.8 Å². The molecule has 0 aliphatic carbocycles. The molecule has 4 nitrogen and oxygen atoms in total. The van der Waals surface area contributed by atoms with Crippen LogP contribution in [0.1, 0.15) is 35.4 Å². The van der Waals surface area contributed by atoms with Gasteiger partial charge in [0.05, 0.1) is 12.2 Å². The van der Waals surface area contributed by atoms with E-state index in [2.05, 4.69) is 71.4 Å². The maximum Gasteiger partial charge on any atom is 0.0653 e. The van der Waals surface area contributed by atoms with Crippen molar-refractivity contribution in [1.29, 1.82) is 0 Å². The Morgan fingerprint density at radius 2 is 1.70 bits per heavy atom. The van der Waals surface area contributed by atoms with Gasteiger partial charge in [0, 0.05) is 59.7 Å². The molecule has 4 heteroatoms. The SMILES string of the molecule is Cc1cc(N2CC3CCC(C2)N3)c2c(n1)CN(c1cccc3cccc(C)c13)CC2. The maximum absolute atomic E-state index is 5.02. The highest BCUT2D eigenvalue weighted by molar-refractivity contribution is 5.97. The van der Waals surface area contributed by atoms with Gasteiger partial charge in [-0.3, -0.25) is 4.98 Å². The Morgan fingerprint density at radius 3 is 2.50 bits per heavy atom. The lowest BCUT2D eigenvalue weighted by atomic mass is 9.97. The molecule has 1 aromatic heterocycles. The van der Waals surface area contributed by atoms with Crippen LogP contribution in [-0.4, -0.2) is 36.7 Å². The van der Waals surface area contributed by atoms with Crippen molar-refractivity contribution in [3.05, 3.63) is 65.0 Å². The smallest absolute Gasteiger partial charge is 0.0653 e. The molecule has 0 spiro atoms. The van der Waals surface area contributed by atoms with Crippen LogP contribution in [0.15, 0.2) is 42.5 Å². The molecular formula is C26H30N4. The van der Waals surface area contributed by atoms with Gasteiger partial charge in [-0.2, -0.15) is 0 Å². The predicted molar refractivity (Wildman–Crippen MR) is 125 cm³/mol. The molecule has 2 atom stereocenters.